The van der Waals surface area contributed by atoms with Crippen molar-refractivity contribution < 1.29 is 9.53 Å². The summed E-state index contributed by atoms with van der Waals surface area (Å²) in [6.45, 7) is 1.84. The molecule has 0 aliphatic carbocycles. The third-order valence-corrected chi connectivity index (χ3v) is 3.70. The lowest BCUT2D eigenvalue weighted by atomic mass is 10.1. The fraction of sp³-hybridized carbons (Fsp3) is 0.176. The molecule has 0 radical (unpaired) electrons. The first-order valence-corrected chi connectivity index (χ1v) is 7.59. The minimum Gasteiger partial charge on any atom is -0.367 e. The van der Waals surface area contributed by atoms with Crippen LogP contribution in [-0.2, 0) is 9.53 Å². The predicted molar refractivity (Wildman–Crippen MR) is 90.7 cm³/mol. The number of hydrogen-bond donors (Lipinski definition) is 1. The van der Waals surface area contributed by atoms with Crippen LogP contribution in [0.15, 0.2) is 64.2 Å². The van der Waals surface area contributed by atoms with Gasteiger partial charge in [-0.2, -0.15) is 5.10 Å². The Balaban J connectivity index is 2.07. The topological polar surface area (TPSA) is 50.7 Å². The molecule has 0 fully saturated rings. The number of hydrazone groups is 1. The first-order valence-electron chi connectivity index (χ1n) is 6.79. The summed E-state index contributed by atoms with van der Waals surface area (Å²) < 4.78 is 6.26. The van der Waals surface area contributed by atoms with E-state index in [-0.39, 0.29) is 5.91 Å². The van der Waals surface area contributed by atoms with Gasteiger partial charge < -0.3 is 4.74 Å². The molecule has 0 bridgehead atoms. The van der Waals surface area contributed by atoms with E-state index in [0.29, 0.717) is 0 Å². The maximum atomic E-state index is 12.2. The minimum atomic E-state index is -0.678. The molecule has 2 aromatic rings. The predicted octanol–water partition coefficient (Wildman–Crippen LogP) is 3.68. The molecular formula is C17H17BrN2O2. The van der Waals surface area contributed by atoms with Crippen LogP contribution in [0.1, 0.15) is 24.2 Å². The van der Waals surface area contributed by atoms with E-state index in [1.165, 1.54) is 7.11 Å². The van der Waals surface area contributed by atoms with Gasteiger partial charge in [-0.15, -0.1) is 0 Å². The van der Waals surface area contributed by atoms with Crippen LogP contribution in [0.3, 0.4) is 0 Å². The fourth-order valence-electron chi connectivity index (χ4n) is 1.98. The van der Waals surface area contributed by atoms with Gasteiger partial charge >= 0.3 is 0 Å². The normalized spacial score (nSPS) is 12.8. The SMILES string of the molecule is CO[C@@H](C(=O)N/N=C(/C)c1ccc(Br)cc1)c1ccccc1. The number of ether oxygens (including phenoxy) is 1. The van der Waals surface area contributed by atoms with E-state index in [2.05, 4.69) is 26.5 Å². The molecule has 22 heavy (non-hydrogen) atoms. The molecule has 0 saturated carbocycles. The largest absolute Gasteiger partial charge is 0.367 e. The highest BCUT2D eigenvalue weighted by molar-refractivity contribution is 9.10. The van der Waals surface area contributed by atoms with Gasteiger partial charge in [0.05, 0.1) is 5.71 Å². The first-order chi connectivity index (χ1) is 10.6. The molecule has 2 aromatic carbocycles. The maximum Gasteiger partial charge on any atom is 0.273 e. The van der Waals surface area contributed by atoms with Crippen LogP contribution in [0.25, 0.3) is 0 Å². The monoisotopic (exact) mass is 360 g/mol. The van der Waals surface area contributed by atoms with Gasteiger partial charge in [-0.05, 0) is 30.2 Å². The highest BCUT2D eigenvalue weighted by Crippen LogP contribution is 2.16. The zero-order valence-electron chi connectivity index (χ0n) is 12.4. The molecule has 0 spiro atoms. The zero-order chi connectivity index (χ0) is 15.9. The number of carbonyl (C=O) groups excluding carboxylic acids is 1. The number of rotatable bonds is 5. The molecule has 0 aliphatic rings. The average molecular weight is 361 g/mol. The lowest BCUT2D eigenvalue weighted by molar-refractivity contribution is -0.131. The van der Waals surface area contributed by atoms with E-state index in [4.69, 9.17) is 4.74 Å². The molecule has 1 amide bonds. The van der Waals surface area contributed by atoms with Gasteiger partial charge in [0, 0.05) is 11.6 Å². The summed E-state index contributed by atoms with van der Waals surface area (Å²) in [4.78, 5) is 12.2. The number of nitrogens with one attached hydrogen (secondary N) is 1. The van der Waals surface area contributed by atoms with Crippen LogP contribution in [0.2, 0.25) is 0 Å². The third kappa shape index (κ3) is 4.26. The quantitative estimate of drug-likeness (QED) is 0.653. The van der Waals surface area contributed by atoms with Gasteiger partial charge in [0.25, 0.3) is 5.91 Å². The Morgan fingerprint density at radius 1 is 1.14 bits per heavy atom. The zero-order valence-corrected chi connectivity index (χ0v) is 14.0. The number of hydrogen-bond acceptors (Lipinski definition) is 3. The second kappa shape index (κ2) is 7.87. The van der Waals surface area contributed by atoms with Gasteiger partial charge in [0.1, 0.15) is 0 Å². The van der Waals surface area contributed by atoms with Crippen LogP contribution in [0, 0.1) is 0 Å². The van der Waals surface area contributed by atoms with Crippen molar-refractivity contribution in [2.45, 2.75) is 13.0 Å². The number of amides is 1. The average Bonchev–Trinajstić information content (AvgIpc) is 2.55. The van der Waals surface area contributed by atoms with Crippen LogP contribution in [0.4, 0.5) is 0 Å². The molecule has 0 heterocycles. The molecular weight excluding hydrogens is 344 g/mol. The van der Waals surface area contributed by atoms with Crippen molar-refractivity contribution in [2.75, 3.05) is 7.11 Å². The molecule has 2 rings (SSSR count). The Labute approximate surface area is 138 Å². The third-order valence-electron chi connectivity index (χ3n) is 3.17. The van der Waals surface area contributed by atoms with E-state index in [0.717, 1.165) is 21.3 Å². The van der Waals surface area contributed by atoms with E-state index in [9.17, 15) is 4.79 Å². The summed E-state index contributed by atoms with van der Waals surface area (Å²) in [6, 6.07) is 17.0. The standard InChI is InChI=1S/C17H17BrN2O2/c1-12(13-8-10-15(18)11-9-13)19-20-17(21)16(22-2)14-6-4-3-5-7-14/h3-11,16H,1-2H3,(H,20,21)/b19-12-/t16-/m1/s1. The lowest BCUT2D eigenvalue weighted by Crippen LogP contribution is -2.27. The van der Waals surface area contributed by atoms with E-state index < -0.39 is 6.10 Å². The Hall–Kier alpha value is -1.98. The van der Waals surface area contributed by atoms with E-state index in [1.807, 2.05) is 61.5 Å². The summed E-state index contributed by atoms with van der Waals surface area (Å²) in [7, 11) is 1.50. The molecule has 0 aliphatic heterocycles. The smallest absolute Gasteiger partial charge is 0.273 e. The van der Waals surface area contributed by atoms with E-state index >= 15 is 0 Å². The Morgan fingerprint density at radius 2 is 1.77 bits per heavy atom. The van der Waals surface area contributed by atoms with Crippen LogP contribution in [0.5, 0.6) is 0 Å². The summed E-state index contributed by atoms with van der Waals surface area (Å²) in [5, 5.41) is 4.14. The highest BCUT2D eigenvalue weighted by Gasteiger charge is 2.19. The molecule has 1 atom stereocenters. The molecule has 1 N–H and O–H groups in total. The van der Waals surface area contributed by atoms with E-state index in [1.54, 1.807) is 0 Å². The first kappa shape index (κ1) is 16.4. The molecule has 0 aromatic heterocycles. The summed E-state index contributed by atoms with van der Waals surface area (Å²) in [5.74, 6) is -0.301. The molecule has 5 heteroatoms. The summed E-state index contributed by atoms with van der Waals surface area (Å²) >= 11 is 3.38. The van der Waals surface area contributed by atoms with Crippen LogP contribution in [-0.4, -0.2) is 18.7 Å². The molecule has 4 nitrogen and oxygen atoms in total. The van der Waals surface area contributed by atoms with Gasteiger partial charge in [0.2, 0.25) is 0 Å². The Kier molecular flexibility index (Phi) is 5.86. The van der Waals surface area contributed by atoms with Gasteiger partial charge in [0.15, 0.2) is 6.10 Å². The van der Waals surface area contributed by atoms with Crippen molar-refractivity contribution in [3.05, 3.63) is 70.2 Å². The van der Waals surface area contributed by atoms with Crippen LogP contribution >= 0.6 is 15.9 Å². The second-order valence-electron chi connectivity index (χ2n) is 4.71. The van der Waals surface area contributed by atoms with Crippen molar-refractivity contribution in [2.24, 2.45) is 5.10 Å². The van der Waals surface area contributed by atoms with Crippen molar-refractivity contribution in [1.29, 1.82) is 0 Å². The highest BCUT2D eigenvalue weighted by atomic mass is 79.9. The maximum absolute atomic E-state index is 12.2. The molecule has 0 unspecified atom stereocenters. The number of benzene rings is 2. The molecule has 0 saturated heterocycles. The Morgan fingerprint density at radius 3 is 2.36 bits per heavy atom. The molecule has 114 valence electrons. The van der Waals surface area contributed by atoms with Gasteiger partial charge in [-0.1, -0.05) is 58.4 Å². The van der Waals surface area contributed by atoms with Crippen LogP contribution < -0.4 is 5.43 Å². The van der Waals surface area contributed by atoms with Gasteiger partial charge in [-0.3, -0.25) is 4.79 Å². The van der Waals surface area contributed by atoms with Crippen molar-refractivity contribution in [3.8, 4) is 0 Å². The lowest BCUT2D eigenvalue weighted by Gasteiger charge is -2.14. The second-order valence-corrected chi connectivity index (χ2v) is 5.62. The number of carbonyl (C=O) groups is 1. The van der Waals surface area contributed by atoms with Crippen molar-refractivity contribution in [1.82, 2.24) is 5.43 Å². The Bertz CT molecular complexity index is 654. The number of methoxy groups -OCH3 is 1. The summed E-state index contributed by atoms with van der Waals surface area (Å²) in [6.07, 6.45) is -0.678. The van der Waals surface area contributed by atoms with Crippen molar-refractivity contribution in [3.63, 3.8) is 0 Å². The van der Waals surface area contributed by atoms with Gasteiger partial charge in [-0.25, -0.2) is 5.43 Å². The minimum absolute atomic E-state index is 0.301. The number of nitrogens with zero attached hydrogens (tertiary/aromatic N) is 1. The van der Waals surface area contributed by atoms with Crippen molar-refractivity contribution >= 4 is 27.5 Å². The number of halogens is 1. The summed E-state index contributed by atoms with van der Waals surface area (Å²) in [5.41, 5.74) is 5.02. The fourth-order valence-corrected chi connectivity index (χ4v) is 2.24.